The number of benzene rings is 2. The molecule has 2 rings (SSSR count). The molecule has 0 atom stereocenters. The van der Waals surface area contributed by atoms with Gasteiger partial charge in [-0.15, -0.1) is 0 Å². The summed E-state index contributed by atoms with van der Waals surface area (Å²) in [6, 6.07) is 0. The number of nitrogens with two attached hydrogens (primary N) is 1. The van der Waals surface area contributed by atoms with Gasteiger partial charge in [0.2, 0.25) is 0 Å². The summed E-state index contributed by atoms with van der Waals surface area (Å²) >= 11 is 0. The molecule has 0 aromatic heterocycles. The van der Waals surface area contributed by atoms with E-state index in [1.54, 1.807) is 0 Å². The van der Waals surface area contributed by atoms with Crippen molar-refractivity contribution in [1.29, 1.82) is 0 Å². The summed E-state index contributed by atoms with van der Waals surface area (Å²) in [7, 11) is -0.544. The highest BCUT2D eigenvalue weighted by molar-refractivity contribution is 7.73. The third-order valence-electron chi connectivity index (χ3n) is 6.64. The van der Waals surface area contributed by atoms with E-state index in [0.717, 1.165) is 0 Å². The van der Waals surface area contributed by atoms with Crippen molar-refractivity contribution in [2.24, 2.45) is 5.73 Å². The first kappa shape index (κ1) is 20.1. The minimum Gasteiger partial charge on any atom is -0.326 e. The van der Waals surface area contributed by atoms with Crippen LogP contribution in [0, 0.1) is 69.2 Å². The molecule has 0 radical (unpaired) electrons. The van der Waals surface area contributed by atoms with Gasteiger partial charge in [-0.2, -0.15) is 0 Å². The van der Waals surface area contributed by atoms with E-state index < -0.39 is 7.92 Å². The van der Waals surface area contributed by atoms with Crippen LogP contribution in [0.2, 0.25) is 0 Å². The molecule has 0 saturated heterocycles. The van der Waals surface area contributed by atoms with Crippen LogP contribution in [0.25, 0.3) is 0 Å². The lowest BCUT2D eigenvalue weighted by atomic mass is 9.95. The monoisotopic (exact) mass is 355 g/mol. The van der Waals surface area contributed by atoms with Crippen LogP contribution in [-0.2, 0) is 0 Å². The lowest BCUT2D eigenvalue weighted by Gasteiger charge is -2.30. The van der Waals surface area contributed by atoms with Crippen molar-refractivity contribution in [1.82, 2.24) is 0 Å². The molecule has 0 aliphatic rings. The van der Waals surface area contributed by atoms with Gasteiger partial charge >= 0.3 is 0 Å². The second-order valence-corrected chi connectivity index (χ2v) is 9.67. The highest BCUT2D eigenvalue weighted by Crippen LogP contribution is 2.40. The second kappa shape index (κ2) is 7.22. The van der Waals surface area contributed by atoms with Crippen LogP contribution in [0.4, 0.5) is 0 Å². The van der Waals surface area contributed by atoms with E-state index in [4.69, 9.17) is 5.73 Å². The first-order valence-corrected chi connectivity index (χ1v) is 10.7. The van der Waals surface area contributed by atoms with Gasteiger partial charge in [0.05, 0.1) is 0 Å². The molecule has 0 fully saturated rings. The Kier molecular flexibility index (Phi) is 5.81. The van der Waals surface area contributed by atoms with Gasteiger partial charge in [-0.25, -0.2) is 0 Å². The number of hydrogen-bond acceptors (Lipinski definition) is 1. The zero-order valence-electron chi connectivity index (χ0n) is 17.7. The molecule has 0 unspecified atom stereocenters. The van der Waals surface area contributed by atoms with E-state index in [1.165, 1.54) is 66.2 Å². The molecular formula is C23H34NP. The van der Waals surface area contributed by atoms with Gasteiger partial charge in [-0.1, -0.05) is 0 Å². The van der Waals surface area contributed by atoms with Crippen LogP contribution in [-0.4, -0.2) is 6.29 Å². The van der Waals surface area contributed by atoms with Crippen LogP contribution >= 0.6 is 7.92 Å². The summed E-state index contributed by atoms with van der Waals surface area (Å²) < 4.78 is 0. The summed E-state index contributed by atoms with van der Waals surface area (Å²) in [6.45, 7) is 22.7. The molecule has 0 aliphatic heterocycles. The Morgan fingerprint density at radius 1 is 0.440 bits per heavy atom. The Hall–Kier alpha value is -1.17. The molecule has 0 aliphatic carbocycles. The first-order valence-electron chi connectivity index (χ1n) is 9.17. The van der Waals surface area contributed by atoms with E-state index in [0.29, 0.717) is 6.29 Å². The average Bonchev–Trinajstić information content (AvgIpc) is 2.60. The van der Waals surface area contributed by atoms with Crippen molar-refractivity contribution in [2.75, 3.05) is 6.29 Å². The summed E-state index contributed by atoms with van der Waals surface area (Å²) in [5, 5.41) is 3.01. The van der Waals surface area contributed by atoms with Crippen LogP contribution in [0.3, 0.4) is 0 Å². The van der Waals surface area contributed by atoms with Gasteiger partial charge < -0.3 is 5.73 Å². The summed E-state index contributed by atoms with van der Waals surface area (Å²) in [5.74, 6) is 0. The topological polar surface area (TPSA) is 26.0 Å². The summed E-state index contributed by atoms with van der Waals surface area (Å²) in [4.78, 5) is 0. The molecule has 2 aromatic carbocycles. The fraction of sp³-hybridized carbons (Fsp3) is 0.478. The maximum atomic E-state index is 6.42. The SMILES string of the molecule is Cc1c(C)c(C)c(P(CN)c2c(C)c(C)c(C)c(C)c2C)c(C)c1C. The minimum atomic E-state index is -0.544. The molecule has 0 spiro atoms. The smallest absolute Gasteiger partial charge is 0.0210 e. The maximum absolute atomic E-state index is 6.42. The molecule has 0 bridgehead atoms. The highest BCUT2D eigenvalue weighted by atomic mass is 31.1. The first-order chi connectivity index (χ1) is 11.6. The Bertz CT molecular complexity index is 719. The average molecular weight is 356 g/mol. The van der Waals surface area contributed by atoms with Gasteiger partial charge in [0.25, 0.3) is 0 Å². The molecule has 0 saturated carbocycles. The van der Waals surface area contributed by atoms with E-state index in [2.05, 4.69) is 69.2 Å². The Morgan fingerprint density at radius 3 is 0.840 bits per heavy atom. The molecule has 136 valence electrons. The lowest BCUT2D eigenvalue weighted by molar-refractivity contribution is 1.19. The fourth-order valence-electron chi connectivity index (χ4n) is 4.06. The Morgan fingerprint density at radius 2 is 0.640 bits per heavy atom. The summed E-state index contributed by atoms with van der Waals surface area (Å²) in [5.41, 5.74) is 20.7. The zero-order chi connectivity index (χ0) is 19.2. The molecule has 1 nitrogen and oxygen atoms in total. The van der Waals surface area contributed by atoms with Crippen molar-refractivity contribution in [2.45, 2.75) is 69.2 Å². The van der Waals surface area contributed by atoms with Crippen LogP contribution in [0.15, 0.2) is 0 Å². The predicted octanol–water partition coefficient (Wildman–Crippen LogP) is 5.12. The number of hydrogen-bond donors (Lipinski definition) is 1. The quantitative estimate of drug-likeness (QED) is 0.760. The van der Waals surface area contributed by atoms with Crippen LogP contribution < -0.4 is 16.3 Å². The van der Waals surface area contributed by atoms with Crippen molar-refractivity contribution in [3.63, 3.8) is 0 Å². The zero-order valence-corrected chi connectivity index (χ0v) is 18.6. The molecular weight excluding hydrogens is 321 g/mol. The standard InChI is InChI=1S/C23H34NP/c1-12-14(3)18(7)22(19(8)15(12)4)25(11-24)23-20(9)16(5)13(2)17(6)21(23)10/h11,24H2,1-10H3. The van der Waals surface area contributed by atoms with Gasteiger partial charge in [-0.05, 0) is 143 Å². The van der Waals surface area contributed by atoms with E-state index in [9.17, 15) is 0 Å². The van der Waals surface area contributed by atoms with Gasteiger partial charge in [-0.3, -0.25) is 0 Å². The van der Waals surface area contributed by atoms with Crippen molar-refractivity contribution in [3.05, 3.63) is 55.6 Å². The molecule has 2 aromatic rings. The van der Waals surface area contributed by atoms with Crippen molar-refractivity contribution >= 4 is 18.5 Å². The van der Waals surface area contributed by atoms with E-state index in [-0.39, 0.29) is 0 Å². The Labute approximate surface area is 155 Å². The van der Waals surface area contributed by atoms with Crippen LogP contribution in [0.5, 0.6) is 0 Å². The van der Waals surface area contributed by atoms with E-state index >= 15 is 0 Å². The van der Waals surface area contributed by atoms with E-state index in [1.807, 2.05) is 0 Å². The largest absolute Gasteiger partial charge is 0.326 e. The normalized spacial score (nSPS) is 11.5. The molecule has 25 heavy (non-hydrogen) atoms. The fourth-order valence-corrected chi connectivity index (χ4v) is 6.94. The van der Waals surface area contributed by atoms with Crippen LogP contribution in [0.1, 0.15) is 55.6 Å². The highest BCUT2D eigenvalue weighted by Gasteiger charge is 2.25. The number of rotatable bonds is 3. The second-order valence-electron chi connectivity index (χ2n) is 7.56. The summed E-state index contributed by atoms with van der Waals surface area (Å²) in [6.07, 6.45) is 0.711. The lowest BCUT2D eigenvalue weighted by Crippen LogP contribution is -2.28. The predicted molar refractivity (Wildman–Crippen MR) is 115 cm³/mol. The van der Waals surface area contributed by atoms with Gasteiger partial charge in [0.1, 0.15) is 0 Å². The van der Waals surface area contributed by atoms with Gasteiger partial charge in [0.15, 0.2) is 0 Å². The third-order valence-corrected chi connectivity index (χ3v) is 9.43. The molecule has 0 amide bonds. The Balaban J connectivity index is 2.90. The van der Waals surface area contributed by atoms with Gasteiger partial charge in [0, 0.05) is 6.29 Å². The minimum absolute atomic E-state index is 0.544. The molecule has 2 heteroatoms. The third kappa shape index (κ3) is 3.07. The molecule has 0 heterocycles. The van der Waals surface area contributed by atoms with Crippen molar-refractivity contribution < 1.29 is 0 Å². The molecule has 2 N–H and O–H groups in total. The van der Waals surface area contributed by atoms with Crippen molar-refractivity contribution in [3.8, 4) is 0 Å². The maximum Gasteiger partial charge on any atom is 0.0210 e.